The molecule has 182 valence electrons. The molecule has 0 saturated carbocycles. The van der Waals surface area contributed by atoms with Crippen LogP contribution in [0.5, 0.6) is 11.5 Å². The highest BCUT2D eigenvalue weighted by Gasteiger charge is 2.17. The predicted molar refractivity (Wildman–Crippen MR) is 145 cm³/mol. The minimum Gasteiger partial charge on any atom is -0.493 e. The zero-order valence-corrected chi connectivity index (χ0v) is 21.7. The number of furan rings is 1. The Kier molecular flexibility index (Phi) is 6.61. The van der Waals surface area contributed by atoms with Gasteiger partial charge in [-0.05, 0) is 71.2 Å². The van der Waals surface area contributed by atoms with E-state index in [9.17, 15) is 4.79 Å². The zero-order valence-electron chi connectivity index (χ0n) is 20.1. The summed E-state index contributed by atoms with van der Waals surface area (Å²) >= 11 is 3.58. The minimum atomic E-state index is -0.296. The van der Waals surface area contributed by atoms with Crippen LogP contribution in [-0.2, 0) is 0 Å². The number of para-hydroxylation sites is 2. The second-order valence-electron chi connectivity index (χ2n) is 8.33. The van der Waals surface area contributed by atoms with Crippen molar-refractivity contribution in [3.63, 3.8) is 0 Å². The lowest BCUT2D eigenvalue weighted by atomic mass is 10.2. The van der Waals surface area contributed by atoms with Crippen molar-refractivity contribution in [1.29, 1.82) is 0 Å². The van der Waals surface area contributed by atoms with Gasteiger partial charge < -0.3 is 13.9 Å². The molecule has 0 radical (unpaired) electrons. The Balaban J connectivity index is 1.64. The molecule has 8 heteroatoms. The first-order chi connectivity index (χ1) is 17.5. The first-order valence-corrected chi connectivity index (χ1v) is 12.4. The summed E-state index contributed by atoms with van der Waals surface area (Å²) in [6.45, 7) is 4.06. The molecule has 2 heterocycles. The fraction of sp³-hybridized carbons (Fsp3) is 0.179. The number of methoxy groups -OCH3 is 1. The van der Waals surface area contributed by atoms with Gasteiger partial charge >= 0.3 is 0 Å². The van der Waals surface area contributed by atoms with Gasteiger partial charge in [0.1, 0.15) is 5.58 Å². The third-order valence-corrected chi connectivity index (χ3v) is 6.46. The third-order valence-electron chi connectivity index (χ3n) is 5.87. The van der Waals surface area contributed by atoms with E-state index in [1.54, 1.807) is 31.5 Å². The van der Waals surface area contributed by atoms with Crippen molar-refractivity contribution in [2.75, 3.05) is 7.11 Å². The molecule has 1 atom stereocenters. The monoisotopic (exact) mass is 545 g/mol. The van der Waals surface area contributed by atoms with E-state index in [0.717, 1.165) is 16.3 Å². The van der Waals surface area contributed by atoms with Crippen LogP contribution in [0.15, 0.2) is 85.5 Å². The molecule has 0 aliphatic carbocycles. The summed E-state index contributed by atoms with van der Waals surface area (Å²) in [4.78, 5) is 18.2. The number of benzene rings is 3. The van der Waals surface area contributed by atoms with Crippen LogP contribution >= 0.6 is 15.9 Å². The van der Waals surface area contributed by atoms with Crippen molar-refractivity contribution in [2.45, 2.75) is 26.4 Å². The molecular weight excluding hydrogens is 522 g/mol. The van der Waals surface area contributed by atoms with E-state index in [4.69, 9.17) is 18.9 Å². The lowest BCUT2D eigenvalue weighted by Gasteiger charge is -2.17. The minimum absolute atomic E-state index is 0.0309. The Hall–Kier alpha value is -3.91. The summed E-state index contributed by atoms with van der Waals surface area (Å²) in [7, 11) is 1.59. The average molecular weight is 546 g/mol. The first kappa shape index (κ1) is 23.8. The fourth-order valence-corrected chi connectivity index (χ4v) is 4.37. The Bertz CT molecular complexity index is 1620. The van der Waals surface area contributed by atoms with Gasteiger partial charge in [0.05, 0.1) is 34.8 Å². The summed E-state index contributed by atoms with van der Waals surface area (Å²) < 4.78 is 19.6. The van der Waals surface area contributed by atoms with Gasteiger partial charge in [0.15, 0.2) is 17.3 Å². The quantitative estimate of drug-likeness (QED) is 0.214. The summed E-state index contributed by atoms with van der Waals surface area (Å²) in [5.74, 6) is 1.95. The third kappa shape index (κ3) is 4.52. The molecule has 0 bridgehead atoms. The van der Waals surface area contributed by atoms with E-state index in [2.05, 4.69) is 28.0 Å². The van der Waals surface area contributed by atoms with Crippen molar-refractivity contribution in [3.8, 4) is 23.1 Å². The van der Waals surface area contributed by atoms with E-state index in [0.29, 0.717) is 45.1 Å². The maximum atomic E-state index is 13.5. The largest absolute Gasteiger partial charge is 0.493 e. The van der Waals surface area contributed by atoms with Gasteiger partial charge in [0, 0.05) is 5.39 Å². The van der Waals surface area contributed by atoms with Crippen molar-refractivity contribution in [3.05, 3.63) is 87.1 Å². The number of ether oxygens (including phenoxy) is 2. The Morgan fingerprint density at radius 3 is 2.69 bits per heavy atom. The molecular formula is C28H24BrN3O4. The van der Waals surface area contributed by atoms with Crippen molar-refractivity contribution >= 4 is 44.0 Å². The normalized spacial score (nSPS) is 12.4. The lowest BCUT2D eigenvalue weighted by Crippen LogP contribution is -2.20. The number of rotatable bonds is 7. The molecule has 36 heavy (non-hydrogen) atoms. The van der Waals surface area contributed by atoms with Crippen LogP contribution in [0.1, 0.15) is 25.8 Å². The molecule has 0 saturated heterocycles. The lowest BCUT2D eigenvalue weighted by molar-refractivity contribution is 0.206. The number of hydrogen-bond acceptors (Lipinski definition) is 6. The zero-order chi connectivity index (χ0) is 25.2. The molecule has 0 N–H and O–H groups in total. The SMILES string of the molecule is CC[C@@H](C)Oc1c(Br)cc(C=Nn2c(-c3cc4ccccc4o3)nc3ccccc3c2=O)cc1OC. The molecule has 3 aromatic carbocycles. The smallest absolute Gasteiger partial charge is 0.282 e. The molecule has 7 nitrogen and oxygen atoms in total. The van der Waals surface area contributed by atoms with Crippen LogP contribution < -0.4 is 15.0 Å². The number of hydrogen-bond donors (Lipinski definition) is 0. The molecule has 0 unspecified atom stereocenters. The highest BCUT2D eigenvalue weighted by atomic mass is 79.9. The molecule has 0 amide bonds. The average Bonchev–Trinajstić information content (AvgIpc) is 3.33. The number of fused-ring (bicyclic) bond motifs is 2. The number of nitrogens with zero attached hydrogens (tertiary/aromatic N) is 3. The maximum absolute atomic E-state index is 13.5. The van der Waals surface area contributed by atoms with Gasteiger partial charge in [-0.15, -0.1) is 0 Å². The number of halogens is 1. The topological polar surface area (TPSA) is 78.9 Å². The van der Waals surface area contributed by atoms with E-state index in [1.807, 2.05) is 55.5 Å². The molecule has 0 spiro atoms. The second kappa shape index (κ2) is 9.99. The number of aromatic nitrogens is 2. The van der Waals surface area contributed by atoms with Gasteiger partial charge in [0.2, 0.25) is 5.82 Å². The van der Waals surface area contributed by atoms with Crippen LogP contribution in [0.3, 0.4) is 0 Å². The van der Waals surface area contributed by atoms with Crippen LogP contribution in [0.2, 0.25) is 0 Å². The van der Waals surface area contributed by atoms with E-state index >= 15 is 0 Å². The molecule has 0 aliphatic rings. The molecule has 5 aromatic rings. The molecule has 0 fully saturated rings. The van der Waals surface area contributed by atoms with Gasteiger partial charge in [-0.2, -0.15) is 9.78 Å². The molecule has 5 rings (SSSR count). The standard InChI is InChI=1S/C28H24BrN3O4/c1-4-17(2)35-26-21(29)13-18(14-24(26)34-3)16-30-32-27(25-15-19-9-5-8-12-23(19)36-25)31-22-11-7-6-10-20(22)28(32)33/h5-17H,4H2,1-3H3/t17-/m1/s1. The van der Waals surface area contributed by atoms with E-state index in [-0.39, 0.29) is 11.7 Å². The van der Waals surface area contributed by atoms with Crippen LogP contribution in [0.25, 0.3) is 33.5 Å². The molecule has 0 aliphatic heterocycles. The van der Waals surface area contributed by atoms with Gasteiger partial charge in [-0.25, -0.2) is 4.98 Å². The highest BCUT2D eigenvalue weighted by Crippen LogP contribution is 2.37. The Morgan fingerprint density at radius 1 is 1.14 bits per heavy atom. The Morgan fingerprint density at radius 2 is 1.92 bits per heavy atom. The van der Waals surface area contributed by atoms with Crippen LogP contribution in [0.4, 0.5) is 0 Å². The predicted octanol–water partition coefficient (Wildman–Crippen LogP) is 6.64. The Labute approximate surface area is 216 Å². The summed E-state index contributed by atoms with van der Waals surface area (Å²) in [5, 5.41) is 5.91. The summed E-state index contributed by atoms with van der Waals surface area (Å²) in [5.41, 5.74) is 1.69. The van der Waals surface area contributed by atoms with E-state index in [1.165, 1.54) is 4.68 Å². The van der Waals surface area contributed by atoms with Crippen molar-refractivity contribution in [1.82, 2.24) is 9.66 Å². The van der Waals surface area contributed by atoms with E-state index < -0.39 is 0 Å². The van der Waals surface area contributed by atoms with Gasteiger partial charge in [-0.3, -0.25) is 4.79 Å². The van der Waals surface area contributed by atoms with Gasteiger partial charge in [-0.1, -0.05) is 37.3 Å². The summed E-state index contributed by atoms with van der Waals surface area (Å²) in [6.07, 6.45) is 2.48. The van der Waals surface area contributed by atoms with Crippen molar-refractivity contribution in [2.24, 2.45) is 5.10 Å². The molecule has 2 aromatic heterocycles. The van der Waals surface area contributed by atoms with Gasteiger partial charge in [0.25, 0.3) is 5.56 Å². The van der Waals surface area contributed by atoms with Crippen molar-refractivity contribution < 1.29 is 13.9 Å². The van der Waals surface area contributed by atoms with Crippen LogP contribution in [-0.4, -0.2) is 29.1 Å². The maximum Gasteiger partial charge on any atom is 0.282 e. The first-order valence-electron chi connectivity index (χ1n) is 11.6. The fourth-order valence-electron chi connectivity index (χ4n) is 3.82. The van der Waals surface area contributed by atoms with Crippen LogP contribution in [0, 0.1) is 0 Å². The summed E-state index contributed by atoms with van der Waals surface area (Å²) in [6, 6.07) is 20.4. The highest BCUT2D eigenvalue weighted by molar-refractivity contribution is 9.10. The second-order valence-corrected chi connectivity index (χ2v) is 9.19.